The van der Waals surface area contributed by atoms with Crippen molar-refractivity contribution in [2.24, 2.45) is 0 Å². The first-order valence-electron chi connectivity index (χ1n) is 6.01. The predicted octanol–water partition coefficient (Wildman–Crippen LogP) is 2.02. The maximum Gasteiger partial charge on any atom is 0.416 e. The van der Waals surface area contributed by atoms with Gasteiger partial charge in [0.25, 0.3) is 0 Å². The summed E-state index contributed by atoms with van der Waals surface area (Å²) in [5.74, 6) is 0.632. The van der Waals surface area contributed by atoms with Gasteiger partial charge in [-0.1, -0.05) is 12.1 Å². The van der Waals surface area contributed by atoms with Gasteiger partial charge in [-0.25, -0.2) is 4.68 Å². The largest absolute Gasteiger partial charge is 0.416 e. The fourth-order valence-electron chi connectivity index (χ4n) is 1.74. The molecule has 0 aliphatic rings. The SMILES string of the molecule is CNC(C)c1nnnn1Cc1ccc(C(F)(F)F)cc1. The third kappa shape index (κ3) is 3.13. The lowest BCUT2D eigenvalue weighted by molar-refractivity contribution is -0.137. The molecule has 1 heterocycles. The van der Waals surface area contributed by atoms with Crippen LogP contribution in [0.1, 0.15) is 29.9 Å². The van der Waals surface area contributed by atoms with Crippen molar-refractivity contribution >= 4 is 0 Å². The Labute approximate surface area is 113 Å². The van der Waals surface area contributed by atoms with Crippen molar-refractivity contribution in [1.29, 1.82) is 0 Å². The van der Waals surface area contributed by atoms with Crippen LogP contribution in [0, 0.1) is 0 Å². The van der Waals surface area contributed by atoms with Gasteiger partial charge in [0.15, 0.2) is 5.82 Å². The van der Waals surface area contributed by atoms with E-state index in [1.165, 1.54) is 12.1 Å². The maximum absolute atomic E-state index is 12.5. The van der Waals surface area contributed by atoms with Crippen molar-refractivity contribution in [2.45, 2.75) is 25.7 Å². The highest BCUT2D eigenvalue weighted by Gasteiger charge is 2.29. The van der Waals surface area contributed by atoms with Crippen LogP contribution in [-0.2, 0) is 12.7 Å². The number of alkyl halides is 3. The van der Waals surface area contributed by atoms with Gasteiger partial charge in [0.2, 0.25) is 0 Å². The van der Waals surface area contributed by atoms with Crippen LogP contribution in [0.25, 0.3) is 0 Å². The van der Waals surface area contributed by atoms with Crippen molar-refractivity contribution < 1.29 is 13.2 Å². The Morgan fingerprint density at radius 2 is 1.90 bits per heavy atom. The number of benzene rings is 1. The molecule has 108 valence electrons. The molecule has 1 atom stereocenters. The molecule has 1 unspecified atom stereocenters. The molecule has 0 fully saturated rings. The second-order valence-corrected chi connectivity index (χ2v) is 4.40. The maximum atomic E-state index is 12.5. The number of nitrogens with zero attached hydrogens (tertiary/aromatic N) is 4. The molecule has 0 radical (unpaired) electrons. The molecular formula is C12H14F3N5. The van der Waals surface area contributed by atoms with E-state index >= 15 is 0 Å². The number of rotatable bonds is 4. The average molecular weight is 285 g/mol. The molecule has 1 aromatic heterocycles. The third-order valence-electron chi connectivity index (χ3n) is 2.99. The molecule has 20 heavy (non-hydrogen) atoms. The summed E-state index contributed by atoms with van der Waals surface area (Å²) >= 11 is 0. The first kappa shape index (κ1) is 14.4. The predicted molar refractivity (Wildman–Crippen MR) is 65.8 cm³/mol. The Morgan fingerprint density at radius 1 is 1.25 bits per heavy atom. The summed E-state index contributed by atoms with van der Waals surface area (Å²) in [5.41, 5.74) is 0.0386. The quantitative estimate of drug-likeness (QED) is 0.933. The first-order valence-corrected chi connectivity index (χ1v) is 6.01. The molecular weight excluding hydrogens is 271 g/mol. The Balaban J connectivity index is 2.17. The second-order valence-electron chi connectivity index (χ2n) is 4.40. The number of hydrogen-bond acceptors (Lipinski definition) is 4. The van der Waals surface area contributed by atoms with Crippen molar-refractivity contribution in [2.75, 3.05) is 7.05 Å². The summed E-state index contributed by atoms with van der Waals surface area (Å²) < 4.78 is 39.0. The molecule has 0 spiro atoms. The zero-order valence-electron chi connectivity index (χ0n) is 11.0. The van der Waals surface area contributed by atoms with Gasteiger partial charge in [0, 0.05) is 0 Å². The van der Waals surface area contributed by atoms with Crippen LogP contribution >= 0.6 is 0 Å². The standard InChI is InChI=1S/C12H14F3N5/c1-8(16-2)11-17-18-19-20(11)7-9-3-5-10(6-4-9)12(13,14)15/h3-6,8,16H,7H2,1-2H3. The number of nitrogens with one attached hydrogen (secondary N) is 1. The van der Waals surface area contributed by atoms with Crippen LogP contribution in [0.15, 0.2) is 24.3 Å². The van der Waals surface area contributed by atoms with Gasteiger partial charge in [-0.2, -0.15) is 13.2 Å². The minimum atomic E-state index is -4.32. The van der Waals surface area contributed by atoms with E-state index < -0.39 is 11.7 Å². The first-order chi connectivity index (χ1) is 9.41. The number of halogens is 3. The fourth-order valence-corrected chi connectivity index (χ4v) is 1.74. The highest BCUT2D eigenvalue weighted by molar-refractivity contribution is 5.24. The summed E-state index contributed by atoms with van der Waals surface area (Å²) in [5, 5.41) is 14.3. The lowest BCUT2D eigenvalue weighted by Crippen LogP contribution is -2.19. The van der Waals surface area contributed by atoms with Gasteiger partial charge >= 0.3 is 6.18 Å². The minimum Gasteiger partial charge on any atom is -0.311 e. The zero-order chi connectivity index (χ0) is 14.8. The molecule has 0 amide bonds. The lowest BCUT2D eigenvalue weighted by atomic mass is 10.1. The van der Waals surface area contributed by atoms with Gasteiger partial charge in [-0.15, -0.1) is 5.10 Å². The van der Waals surface area contributed by atoms with Crippen molar-refractivity contribution in [3.63, 3.8) is 0 Å². The molecule has 1 N–H and O–H groups in total. The monoisotopic (exact) mass is 285 g/mol. The summed E-state index contributed by atoms with van der Waals surface area (Å²) in [6.07, 6.45) is -4.32. The zero-order valence-corrected chi connectivity index (χ0v) is 11.0. The molecule has 2 aromatic rings. The molecule has 5 nitrogen and oxygen atoms in total. The van der Waals surface area contributed by atoms with Gasteiger partial charge in [0.1, 0.15) is 0 Å². The van der Waals surface area contributed by atoms with Gasteiger partial charge in [-0.3, -0.25) is 0 Å². The van der Waals surface area contributed by atoms with Crippen LogP contribution in [0.3, 0.4) is 0 Å². The van der Waals surface area contributed by atoms with Crippen LogP contribution in [0.2, 0.25) is 0 Å². The van der Waals surface area contributed by atoms with E-state index in [-0.39, 0.29) is 6.04 Å². The highest BCUT2D eigenvalue weighted by Crippen LogP contribution is 2.29. The Bertz CT molecular complexity index is 561. The molecule has 0 saturated heterocycles. The normalized spacial score (nSPS) is 13.4. The highest BCUT2D eigenvalue weighted by atomic mass is 19.4. The average Bonchev–Trinajstić information content (AvgIpc) is 2.85. The lowest BCUT2D eigenvalue weighted by Gasteiger charge is -2.11. The Hall–Kier alpha value is -1.96. The molecule has 8 heteroatoms. The molecule has 0 saturated carbocycles. The number of hydrogen-bond donors (Lipinski definition) is 1. The van der Waals surface area contributed by atoms with Crippen LogP contribution in [0.4, 0.5) is 13.2 Å². The van der Waals surface area contributed by atoms with E-state index in [4.69, 9.17) is 0 Å². The van der Waals surface area contributed by atoms with Gasteiger partial charge < -0.3 is 5.32 Å². The third-order valence-corrected chi connectivity index (χ3v) is 2.99. The molecule has 0 aliphatic carbocycles. The summed E-state index contributed by atoms with van der Waals surface area (Å²) in [6, 6.07) is 4.93. The smallest absolute Gasteiger partial charge is 0.311 e. The van der Waals surface area contributed by atoms with E-state index in [1.807, 2.05) is 6.92 Å². The Morgan fingerprint density at radius 3 is 2.45 bits per heavy atom. The summed E-state index contributed by atoms with van der Waals surface area (Å²) in [4.78, 5) is 0. The molecule has 0 aliphatic heterocycles. The van der Waals surface area contributed by atoms with Crippen molar-refractivity contribution in [1.82, 2.24) is 25.5 Å². The van der Waals surface area contributed by atoms with Crippen molar-refractivity contribution in [3.05, 3.63) is 41.2 Å². The topological polar surface area (TPSA) is 55.6 Å². The van der Waals surface area contributed by atoms with E-state index in [0.717, 1.165) is 12.1 Å². The number of aromatic nitrogens is 4. The van der Waals surface area contributed by atoms with Crippen LogP contribution < -0.4 is 5.32 Å². The Kier molecular flexibility index (Phi) is 4.03. The molecule has 0 bridgehead atoms. The van der Waals surface area contributed by atoms with Crippen LogP contribution in [-0.4, -0.2) is 27.3 Å². The summed E-state index contributed by atoms with van der Waals surface area (Å²) in [6.45, 7) is 2.22. The van der Waals surface area contributed by atoms with Crippen molar-refractivity contribution in [3.8, 4) is 0 Å². The van der Waals surface area contributed by atoms with E-state index in [9.17, 15) is 13.2 Å². The number of tetrazole rings is 1. The van der Waals surface area contributed by atoms with E-state index in [2.05, 4.69) is 20.8 Å². The van der Waals surface area contributed by atoms with E-state index in [1.54, 1.807) is 11.7 Å². The fraction of sp³-hybridized carbons (Fsp3) is 0.417. The minimum absolute atomic E-state index is 0.0422. The molecule has 1 aromatic carbocycles. The second kappa shape index (κ2) is 5.58. The van der Waals surface area contributed by atoms with Gasteiger partial charge in [0.05, 0.1) is 18.2 Å². The van der Waals surface area contributed by atoms with Gasteiger partial charge in [-0.05, 0) is 42.1 Å². The van der Waals surface area contributed by atoms with Crippen LogP contribution in [0.5, 0.6) is 0 Å². The van der Waals surface area contributed by atoms with E-state index in [0.29, 0.717) is 17.9 Å². The summed E-state index contributed by atoms with van der Waals surface area (Å²) in [7, 11) is 1.78. The molecule has 2 rings (SSSR count).